The van der Waals surface area contributed by atoms with Crippen molar-refractivity contribution in [1.82, 2.24) is 15.2 Å². The van der Waals surface area contributed by atoms with Gasteiger partial charge < -0.3 is 25.0 Å². The highest BCUT2D eigenvalue weighted by Gasteiger charge is 2.41. The zero-order valence-corrected chi connectivity index (χ0v) is 17.1. The number of ether oxygens (including phenoxy) is 2. The molecule has 3 N–H and O–H groups in total. The quantitative estimate of drug-likeness (QED) is 0.302. The molecular weight excluding hydrogens is 402 g/mol. The van der Waals surface area contributed by atoms with Crippen LogP contribution in [0.3, 0.4) is 0 Å². The Hall–Kier alpha value is -2.47. The van der Waals surface area contributed by atoms with Gasteiger partial charge in [0, 0.05) is 52.1 Å². The molecule has 1 saturated heterocycles. The van der Waals surface area contributed by atoms with Crippen LogP contribution >= 0.6 is 11.8 Å². The van der Waals surface area contributed by atoms with E-state index in [2.05, 4.69) is 15.2 Å². The van der Waals surface area contributed by atoms with Gasteiger partial charge in [-0.05, 0) is 12.1 Å². The summed E-state index contributed by atoms with van der Waals surface area (Å²) >= 11 is 1.33. The van der Waals surface area contributed by atoms with Crippen LogP contribution in [0.15, 0.2) is 41.6 Å². The van der Waals surface area contributed by atoms with E-state index < -0.39 is 16.9 Å². The minimum absolute atomic E-state index is 0.160. The molecule has 0 saturated carbocycles. The van der Waals surface area contributed by atoms with Gasteiger partial charge in [-0.1, -0.05) is 17.8 Å². The van der Waals surface area contributed by atoms with Crippen molar-refractivity contribution < 1.29 is 34.1 Å². The summed E-state index contributed by atoms with van der Waals surface area (Å²) in [6, 6.07) is 5.62. The molecule has 1 aliphatic rings. The Morgan fingerprint density at radius 1 is 1.28 bits per heavy atom. The number of methoxy groups -OCH3 is 1. The lowest BCUT2D eigenvalue weighted by molar-refractivity contribution is -0.135. The molecule has 1 amide bonds. The number of likely N-dealkylation sites (N-methyl/N-ethyl adjacent to an activating group) is 1. The van der Waals surface area contributed by atoms with Crippen LogP contribution in [-0.4, -0.2) is 89.9 Å². The van der Waals surface area contributed by atoms with Gasteiger partial charge >= 0.3 is 11.9 Å². The molecule has 0 bridgehead atoms. The lowest BCUT2D eigenvalue weighted by Crippen LogP contribution is -2.54. The van der Waals surface area contributed by atoms with Crippen LogP contribution in [0.2, 0.25) is 0 Å². The molecule has 1 fully saturated rings. The van der Waals surface area contributed by atoms with E-state index >= 15 is 0 Å². The maximum absolute atomic E-state index is 12.4. The standard InChI is InChI=1S/C14H21N3O3S.C4H4O4/c1-15-13(18)14(19-2,11-17-7-9-20-10-8-17)21-12-5-3-4-6-16-12;5-3(6)1-2-4(7)8/h3-6H,7-11H2,1-2H3,(H,15,18);1-2H,(H,5,6)(H,7,8). The first-order chi connectivity index (χ1) is 13.8. The van der Waals surface area contributed by atoms with Gasteiger partial charge in [0.05, 0.1) is 18.2 Å². The molecule has 0 spiro atoms. The molecule has 1 unspecified atom stereocenters. The number of amides is 1. The number of nitrogens with one attached hydrogen (secondary N) is 1. The SMILES string of the molecule is CNC(=O)C(CN1CCOCC1)(OC)Sc1ccccn1.O=C(O)C=CC(=O)O. The number of carbonyl (C=O) groups is 3. The molecular formula is C18H25N3O7S. The molecule has 2 rings (SSSR count). The highest BCUT2D eigenvalue weighted by atomic mass is 32.2. The third-order valence-corrected chi connectivity index (χ3v) is 4.98. The number of carboxylic acids is 2. The fraction of sp³-hybridized carbons (Fsp3) is 0.444. The molecule has 160 valence electrons. The number of morpholine rings is 1. The van der Waals surface area contributed by atoms with Gasteiger partial charge in [0.1, 0.15) is 0 Å². The fourth-order valence-corrected chi connectivity index (χ4v) is 3.44. The minimum atomic E-state index is -1.26. The first kappa shape index (κ1) is 24.6. The summed E-state index contributed by atoms with van der Waals surface area (Å²) in [6.45, 7) is 3.45. The largest absolute Gasteiger partial charge is 0.478 e. The summed E-state index contributed by atoms with van der Waals surface area (Å²) in [5.74, 6) is -2.67. The second kappa shape index (κ2) is 12.9. The summed E-state index contributed by atoms with van der Waals surface area (Å²) < 4.78 is 11.0. The molecule has 0 aromatic carbocycles. The van der Waals surface area contributed by atoms with Gasteiger partial charge in [-0.15, -0.1) is 0 Å². The Morgan fingerprint density at radius 3 is 2.34 bits per heavy atom. The molecule has 1 aliphatic heterocycles. The lowest BCUT2D eigenvalue weighted by atomic mass is 10.2. The topological polar surface area (TPSA) is 138 Å². The van der Waals surface area contributed by atoms with E-state index in [1.165, 1.54) is 11.8 Å². The number of carbonyl (C=O) groups excluding carboxylic acids is 1. The smallest absolute Gasteiger partial charge is 0.328 e. The zero-order chi connectivity index (χ0) is 21.7. The Morgan fingerprint density at radius 2 is 1.90 bits per heavy atom. The van der Waals surface area contributed by atoms with Gasteiger partial charge in [0.25, 0.3) is 5.91 Å². The van der Waals surface area contributed by atoms with Crippen LogP contribution < -0.4 is 5.32 Å². The molecule has 0 radical (unpaired) electrons. The maximum Gasteiger partial charge on any atom is 0.328 e. The van der Waals surface area contributed by atoms with Crippen LogP contribution in [0.4, 0.5) is 0 Å². The van der Waals surface area contributed by atoms with Crippen LogP contribution in [0.1, 0.15) is 0 Å². The van der Waals surface area contributed by atoms with Crippen molar-refractivity contribution in [2.75, 3.05) is 47.0 Å². The zero-order valence-electron chi connectivity index (χ0n) is 16.2. The first-order valence-electron chi connectivity index (χ1n) is 8.64. The number of pyridine rings is 1. The van der Waals surface area contributed by atoms with Crippen LogP contribution in [0.5, 0.6) is 0 Å². The van der Waals surface area contributed by atoms with E-state index in [0.29, 0.717) is 31.9 Å². The van der Waals surface area contributed by atoms with Crippen molar-refractivity contribution in [3.8, 4) is 0 Å². The van der Waals surface area contributed by atoms with Gasteiger partial charge in [-0.25, -0.2) is 14.6 Å². The number of thioether (sulfide) groups is 1. The van der Waals surface area contributed by atoms with Gasteiger partial charge in [-0.3, -0.25) is 9.69 Å². The highest BCUT2D eigenvalue weighted by molar-refractivity contribution is 8.01. The normalized spacial score (nSPS) is 16.3. The van der Waals surface area contributed by atoms with Crippen molar-refractivity contribution in [2.45, 2.75) is 9.96 Å². The molecule has 0 aliphatic carbocycles. The van der Waals surface area contributed by atoms with E-state index in [4.69, 9.17) is 19.7 Å². The average molecular weight is 427 g/mol. The summed E-state index contributed by atoms with van der Waals surface area (Å²) in [6.07, 6.45) is 2.83. The van der Waals surface area contributed by atoms with Crippen LogP contribution in [0, 0.1) is 0 Å². The number of rotatable bonds is 8. The monoisotopic (exact) mass is 427 g/mol. The summed E-state index contributed by atoms with van der Waals surface area (Å²) in [4.78, 5) is 37.0. The average Bonchev–Trinajstić information content (AvgIpc) is 2.73. The Labute approximate surface area is 172 Å². The van der Waals surface area contributed by atoms with Crippen molar-refractivity contribution in [1.29, 1.82) is 0 Å². The second-order valence-corrected chi connectivity index (χ2v) is 6.99. The number of aliphatic carboxylic acids is 2. The van der Waals surface area contributed by atoms with Gasteiger partial charge in [0.15, 0.2) is 0 Å². The van der Waals surface area contributed by atoms with Gasteiger partial charge in [-0.2, -0.15) is 0 Å². The number of nitrogens with zero attached hydrogens (tertiary/aromatic N) is 2. The molecule has 1 atom stereocenters. The molecule has 29 heavy (non-hydrogen) atoms. The van der Waals surface area contributed by atoms with Crippen molar-refractivity contribution in [3.05, 3.63) is 36.5 Å². The number of aromatic nitrogens is 1. The summed E-state index contributed by atoms with van der Waals surface area (Å²) in [5.41, 5.74) is 0. The van der Waals surface area contributed by atoms with Crippen LogP contribution in [-0.2, 0) is 23.9 Å². The predicted octanol–water partition coefficient (Wildman–Crippen LogP) is 0.306. The molecule has 11 heteroatoms. The molecule has 10 nitrogen and oxygen atoms in total. The number of hydrogen-bond acceptors (Lipinski definition) is 8. The Balaban J connectivity index is 0.000000447. The van der Waals surface area contributed by atoms with Crippen molar-refractivity contribution in [2.24, 2.45) is 0 Å². The van der Waals surface area contributed by atoms with Crippen molar-refractivity contribution in [3.63, 3.8) is 0 Å². The maximum atomic E-state index is 12.4. The second-order valence-electron chi connectivity index (χ2n) is 5.70. The van der Waals surface area contributed by atoms with E-state index in [0.717, 1.165) is 18.1 Å². The third kappa shape index (κ3) is 9.05. The third-order valence-electron chi connectivity index (χ3n) is 3.71. The number of carboxylic acid groups (broad SMARTS) is 2. The minimum Gasteiger partial charge on any atom is -0.478 e. The van der Waals surface area contributed by atoms with Gasteiger partial charge in [0.2, 0.25) is 4.93 Å². The summed E-state index contributed by atoms with van der Waals surface area (Å²) in [5, 5.41) is 19.1. The Kier molecular flexibility index (Phi) is 10.9. The highest BCUT2D eigenvalue weighted by Crippen LogP contribution is 2.33. The van der Waals surface area contributed by atoms with E-state index in [1.54, 1.807) is 20.4 Å². The molecule has 2 heterocycles. The predicted molar refractivity (Wildman–Crippen MR) is 106 cm³/mol. The van der Waals surface area contributed by atoms with E-state index in [9.17, 15) is 14.4 Å². The van der Waals surface area contributed by atoms with E-state index in [1.807, 2.05) is 18.2 Å². The fourth-order valence-electron chi connectivity index (χ4n) is 2.31. The Bertz CT molecular complexity index is 680. The molecule has 1 aromatic rings. The van der Waals surface area contributed by atoms with E-state index in [-0.39, 0.29) is 5.91 Å². The lowest BCUT2D eigenvalue weighted by Gasteiger charge is -2.36. The number of hydrogen-bond donors (Lipinski definition) is 3. The van der Waals surface area contributed by atoms with Crippen molar-refractivity contribution >= 4 is 29.6 Å². The molecule has 1 aromatic heterocycles. The summed E-state index contributed by atoms with van der Waals surface area (Å²) in [7, 11) is 3.18. The first-order valence-corrected chi connectivity index (χ1v) is 9.46. The van der Waals surface area contributed by atoms with Crippen LogP contribution in [0.25, 0.3) is 0 Å².